The normalized spacial score (nSPS) is 12.8. The molecular formula is C16H27NO. The first-order valence-corrected chi connectivity index (χ1v) is 7.03. The van der Waals surface area contributed by atoms with Crippen molar-refractivity contribution >= 4 is 0 Å². The summed E-state index contributed by atoms with van der Waals surface area (Å²) in [6.07, 6.45) is 3.11. The van der Waals surface area contributed by atoms with Crippen molar-refractivity contribution in [3.8, 4) is 5.75 Å². The van der Waals surface area contributed by atoms with Gasteiger partial charge in [-0.3, -0.25) is 0 Å². The second kappa shape index (κ2) is 7.42. The van der Waals surface area contributed by atoms with Crippen molar-refractivity contribution in [2.24, 2.45) is 5.73 Å². The molecule has 2 nitrogen and oxygen atoms in total. The molecule has 0 aliphatic heterocycles. The first-order valence-electron chi connectivity index (χ1n) is 7.03. The predicted molar refractivity (Wildman–Crippen MR) is 78.3 cm³/mol. The number of aryl methyl sites for hydroxylation is 1. The van der Waals surface area contributed by atoms with Crippen molar-refractivity contribution in [3.05, 3.63) is 29.3 Å². The molecule has 18 heavy (non-hydrogen) atoms. The summed E-state index contributed by atoms with van der Waals surface area (Å²) in [6.45, 7) is 9.47. The third-order valence-electron chi connectivity index (χ3n) is 3.38. The van der Waals surface area contributed by atoms with Crippen molar-refractivity contribution in [1.82, 2.24) is 0 Å². The minimum Gasteiger partial charge on any atom is -0.494 e. The summed E-state index contributed by atoms with van der Waals surface area (Å²) in [5.74, 6) is 1.54. The Bertz CT molecular complexity index is 360. The zero-order chi connectivity index (χ0) is 13.5. The summed E-state index contributed by atoms with van der Waals surface area (Å²) >= 11 is 0. The van der Waals surface area contributed by atoms with Crippen molar-refractivity contribution in [3.63, 3.8) is 0 Å². The Morgan fingerprint density at radius 1 is 1.28 bits per heavy atom. The van der Waals surface area contributed by atoms with E-state index in [4.69, 9.17) is 10.5 Å². The lowest BCUT2D eigenvalue weighted by molar-refractivity contribution is 0.300. The molecule has 0 saturated heterocycles. The van der Waals surface area contributed by atoms with Gasteiger partial charge >= 0.3 is 0 Å². The highest BCUT2D eigenvalue weighted by atomic mass is 16.5. The molecule has 0 bridgehead atoms. The molecule has 102 valence electrons. The molecule has 1 aromatic carbocycles. The zero-order valence-corrected chi connectivity index (χ0v) is 12.2. The molecule has 0 saturated carbocycles. The molecule has 0 heterocycles. The second-order valence-electron chi connectivity index (χ2n) is 5.33. The summed E-state index contributed by atoms with van der Waals surface area (Å²) < 4.78 is 5.76. The van der Waals surface area contributed by atoms with Crippen LogP contribution in [0.15, 0.2) is 18.2 Å². The van der Waals surface area contributed by atoms with Gasteiger partial charge in [0, 0.05) is 6.04 Å². The third kappa shape index (κ3) is 4.69. The van der Waals surface area contributed by atoms with Gasteiger partial charge in [-0.25, -0.2) is 0 Å². The second-order valence-corrected chi connectivity index (χ2v) is 5.33. The van der Waals surface area contributed by atoms with Gasteiger partial charge in [0.1, 0.15) is 5.75 Å². The van der Waals surface area contributed by atoms with Gasteiger partial charge in [0.15, 0.2) is 0 Å². The molecule has 0 spiro atoms. The highest BCUT2D eigenvalue weighted by Crippen LogP contribution is 2.23. The van der Waals surface area contributed by atoms with E-state index < -0.39 is 0 Å². The Labute approximate surface area is 112 Å². The van der Waals surface area contributed by atoms with Crippen LogP contribution in [0.5, 0.6) is 5.75 Å². The van der Waals surface area contributed by atoms with Crippen molar-refractivity contribution < 1.29 is 4.74 Å². The fraction of sp³-hybridized carbons (Fsp3) is 0.625. The van der Waals surface area contributed by atoms with Crippen LogP contribution in [0.4, 0.5) is 0 Å². The lowest BCUT2D eigenvalue weighted by atomic mass is 9.98. The number of nitrogens with two attached hydrogens (primary N) is 1. The molecule has 0 fully saturated rings. The average Bonchev–Trinajstić information content (AvgIpc) is 2.34. The van der Waals surface area contributed by atoms with Crippen LogP contribution in [0.25, 0.3) is 0 Å². The number of rotatable bonds is 7. The smallest absolute Gasteiger partial charge is 0.119 e. The van der Waals surface area contributed by atoms with Crippen LogP contribution >= 0.6 is 0 Å². The number of benzene rings is 1. The quantitative estimate of drug-likeness (QED) is 0.741. The van der Waals surface area contributed by atoms with Crippen LogP contribution in [-0.4, -0.2) is 12.6 Å². The van der Waals surface area contributed by atoms with E-state index in [2.05, 4.69) is 45.9 Å². The van der Waals surface area contributed by atoms with Crippen molar-refractivity contribution in [2.45, 2.75) is 58.9 Å². The lowest BCUT2D eigenvalue weighted by Gasteiger charge is -2.13. The van der Waals surface area contributed by atoms with E-state index in [0.717, 1.165) is 31.6 Å². The molecule has 0 aliphatic rings. The molecule has 2 heteroatoms. The Hall–Kier alpha value is -1.02. The first-order chi connectivity index (χ1) is 8.54. The monoisotopic (exact) mass is 249 g/mol. The van der Waals surface area contributed by atoms with Gasteiger partial charge in [0.2, 0.25) is 0 Å². The van der Waals surface area contributed by atoms with Gasteiger partial charge in [-0.15, -0.1) is 0 Å². The van der Waals surface area contributed by atoms with Crippen LogP contribution in [0.2, 0.25) is 0 Å². The van der Waals surface area contributed by atoms with Crippen LogP contribution in [0, 0.1) is 6.92 Å². The SMILES string of the molecule is CCC(N)CCCOc1ccc(C(C)C)c(C)c1. The van der Waals surface area contributed by atoms with Crippen LogP contribution in [0.3, 0.4) is 0 Å². The lowest BCUT2D eigenvalue weighted by Crippen LogP contribution is -2.19. The highest BCUT2D eigenvalue weighted by molar-refractivity contribution is 5.36. The number of hydrogen-bond donors (Lipinski definition) is 1. The maximum absolute atomic E-state index is 5.87. The molecule has 0 amide bonds. The van der Waals surface area contributed by atoms with Gasteiger partial charge in [0.25, 0.3) is 0 Å². The Balaban J connectivity index is 2.42. The standard InChI is InChI=1S/C16H27NO/c1-5-14(17)7-6-10-18-15-8-9-16(12(2)3)13(4)11-15/h8-9,11-12,14H,5-7,10,17H2,1-4H3. The van der Waals surface area contributed by atoms with E-state index in [0.29, 0.717) is 12.0 Å². The third-order valence-corrected chi connectivity index (χ3v) is 3.38. The van der Waals surface area contributed by atoms with E-state index in [-0.39, 0.29) is 0 Å². The molecule has 1 rings (SSSR count). The molecular weight excluding hydrogens is 222 g/mol. The molecule has 0 radical (unpaired) electrons. The van der Waals surface area contributed by atoms with E-state index in [9.17, 15) is 0 Å². The van der Waals surface area contributed by atoms with Crippen molar-refractivity contribution in [2.75, 3.05) is 6.61 Å². The molecule has 1 aromatic rings. The average molecular weight is 249 g/mol. The van der Waals surface area contributed by atoms with E-state index >= 15 is 0 Å². The summed E-state index contributed by atoms with van der Waals surface area (Å²) in [4.78, 5) is 0. The number of ether oxygens (including phenoxy) is 1. The summed E-state index contributed by atoms with van der Waals surface area (Å²) in [7, 11) is 0. The van der Waals surface area contributed by atoms with Gasteiger partial charge in [-0.1, -0.05) is 26.8 Å². The molecule has 1 unspecified atom stereocenters. The Kier molecular flexibility index (Phi) is 6.20. The Morgan fingerprint density at radius 3 is 2.56 bits per heavy atom. The van der Waals surface area contributed by atoms with Gasteiger partial charge in [-0.2, -0.15) is 0 Å². The predicted octanol–water partition coefficient (Wildman–Crippen LogP) is 4.01. The minimum atomic E-state index is 0.318. The van der Waals surface area contributed by atoms with Crippen molar-refractivity contribution in [1.29, 1.82) is 0 Å². The Morgan fingerprint density at radius 2 is 2.00 bits per heavy atom. The van der Waals surface area contributed by atoms with Crippen LogP contribution < -0.4 is 10.5 Å². The van der Waals surface area contributed by atoms with E-state index in [1.165, 1.54) is 11.1 Å². The molecule has 0 aromatic heterocycles. The first kappa shape index (κ1) is 15.0. The minimum absolute atomic E-state index is 0.318. The zero-order valence-electron chi connectivity index (χ0n) is 12.2. The summed E-state index contributed by atoms with van der Waals surface area (Å²) in [6, 6.07) is 6.70. The van der Waals surface area contributed by atoms with Gasteiger partial charge < -0.3 is 10.5 Å². The van der Waals surface area contributed by atoms with E-state index in [1.54, 1.807) is 0 Å². The summed E-state index contributed by atoms with van der Waals surface area (Å²) in [5.41, 5.74) is 8.59. The molecule has 0 aliphatic carbocycles. The topological polar surface area (TPSA) is 35.2 Å². The number of hydrogen-bond acceptors (Lipinski definition) is 2. The van der Waals surface area contributed by atoms with E-state index in [1.807, 2.05) is 0 Å². The highest BCUT2D eigenvalue weighted by Gasteiger charge is 2.05. The van der Waals surface area contributed by atoms with Crippen LogP contribution in [0.1, 0.15) is 57.1 Å². The molecule has 1 atom stereocenters. The van der Waals surface area contributed by atoms with Gasteiger partial charge in [-0.05, 0) is 55.4 Å². The molecule has 2 N–H and O–H groups in total. The maximum Gasteiger partial charge on any atom is 0.119 e. The fourth-order valence-corrected chi connectivity index (χ4v) is 2.13. The fourth-order valence-electron chi connectivity index (χ4n) is 2.13. The van der Waals surface area contributed by atoms with Crippen LogP contribution in [-0.2, 0) is 0 Å². The van der Waals surface area contributed by atoms with Gasteiger partial charge in [0.05, 0.1) is 6.61 Å². The largest absolute Gasteiger partial charge is 0.494 e. The summed E-state index contributed by atoms with van der Waals surface area (Å²) in [5, 5.41) is 0. The maximum atomic E-state index is 5.87.